The van der Waals surface area contributed by atoms with E-state index in [4.69, 9.17) is 10.5 Å². The number of nitrogens with two attached hydrogens (primary N) is 1. The van der Waals surface area contributed by atoms with E-state index in [1.807, 2.05) is 12.1 Å². The number of aliphatic imine (C=N–C) groups is 1. The Hall–Kier alpha value is -2.77. The van der Waals surface area contributed by atoms with Crippen LogP contribution in [0.3, 0.4) is 0 Å². The maximum absolute atomic E-state index is 11.9. The largest absolute Gasteiger partial charge is 0.450 e. The normalized spacial score (nSPS) is 15.4. The van der Waals surface area contributed by atoms with Crippen molar-refractivity contribution in [2.24, 2.45) is 10.7 Å². The minimum absolute atomic E-state index is 0.0274. The Morgan fingerprint density at radius 1 is 1.26 bits per heavy atom. The summed E-state index contributed by atoms with van der Waals surface area (Å²) in [6, 6.07) is 7.54. The molecule has 0 atom stereocenters. The van der Waals surface area contributed by atoms with Gasteiger partial charge in [0, 0.05) is 38.8 Å². The molecule has 0 unspecified atom stereocenters. The summed E-state index contributed by atoms with van der Waals surface area (Å²) in [6.45, 7) is 3.92. The molecule has 0 spiro atoms. The van der Waals surface area contributed by atoms with Gasteiger partial charge in [-0.3, -0.25) is 4.79 Å². The van der Waals surface area contributed by atoms with E-state index >= 15 is 0 Å². The molecule has 148 valence electrons. The zero-order chi connectivity index (χ0) is 19.8. The van der Waals surface area contributed by atoms with Crippen LogP contribution in [0.1, 0.15) is 35.7 Å². The van der Waals surface area contributed by atoms with Gasteiger partial charge in [-0.05, 0) is 37.5 Å². The van der Waals surface area contributed by atoms with Crippen molar-refractivity contribution in [2.75, 3.05) is 33.8 Å². The van der Waals surface area contributed by atoms with Gasteiger partial charge in [0.15, 0.2) is 5.96 Å². The predicted octanol–water partition coefficient (Wildman–Crippen LogP) is 1.41. The van der Waals surface area contributed by atoms with Gasteiger partial charge < -0.3 is 25.6 Å². The Morgan fingerprint density at radius 3 is 2.44 bits per heavy atom. The molecule has 0 aliphatic carbocycles. The van der Waals surface area contributed by atoms with E-state index in [-0.39, 0.29) is 18.0 Å². The molecule has 2 rings (SSSR count). The van der Waals surface area contributed by atoms with Gasteiger partial charge in [0.05, 0.1) is 13.2 Å². The van der Waals surface area contributed by atoms with E-state index < -0.39 is 0 Å². The summed E-state index contributed by atoms with van der Waals surface area (Å²) in [6.07, 6.45) is 1.35. The second-order valence-corrected chi connectivity index (χ2v) is 6.70. The fourth-order valence-electron chi connectivity index (χ4n) is 2.86. The van der Waals surface area contributed by atoms with E-state index in [9.17, 15) is 9.59 Å². The Morgan fingerprint density at radius 2 is 1.89 bits per heavy atom. The van der Waals surface area contributed by atoms with Crippen LogP contribution in [0.2, 0.25) is 0 Å². The lowest BCUT2D eigenvalue weighted by molar-refractivity contribution is 0.0827. The maximum Gasteiger partial charge on any atom is 0.409 e. The van der Waals surface area contributed by atoms with Crippen LogP contribution < -0.4 is 11.1 Å². The first-order chi connectivity index (χ1) is 12.9. The summed E-state index contributed by atoms with van der Waals surface area (Å²) in [5.41, 5.74) is 7.61. The molecular weight excluding hydrogens is 346 g/mol. The van der Waals surface area contributed by atoms with Crippen molar-refractivity contribution >= 4 is 18.0 Å². The standard InChI is InChI=1S/C19H29N5O3/c1-4-27-19(26)24-11-9-16(10-12-24)22-18(20)21-13-14-5-7-15(8-6-14)17(25)23(2)3/h5-8,16H,4,9-13H2,1-3H3,(H3,20,21,22). The highest BCUT2D eigenvalue weighted by Crippen LogP contribution is 2.12. The molecule has 0 saturated carbocycles. The number of nitrogens with one attached hydrogen (secondary N) is 1. The van der Waals surface area contributed by atoms with Gasteiger partial charge >= 0.3 is 6.09 Å². The second kappa shape index (κ2) is 9.80. The summed E-state index contributed by atoms with van der Waals surface area (Å²) in [4.78, 5) is 31.2. The number of hydrogen-bond acceptors (Lipinski definition) is 4. The van der Waals surface area contributed by atoms with Gasteiger partial charge in [0.25, 0.3) is 5.91 Å². The van der Waals surface area contributed by atoms with Gasteiger partial charge in [-0.2, -0.15) is 0 Å². The molecule has 8 heteroatoms. The summed E-state index contributed by atoms with van der Waals surface area (Å²) in [7, 11) is 3.45. The molecule has 1 aromatic carbocycles. The average Bonchev–Trinajstić information content (AvgIpc) is 2.67. The number of nitrogens with zero attached hydrogens (tertiary/aromatic N) is 3. The van der Waals surface area contributed by atoms with Crippen LogP contribution in [-0.2, 0) is 11.3 Å². The number of rotatable bonds is 5. The Labute approximate surface area is 160 Å². The van der Waals surface area contributed by atoms with Gasteiger partial charge in [-0.25, -0.2) is 9.79 Å². The smallest absolute Gasteiger partial charge is 0.409 e. The SMILES string of the molecule is CCOC(=O)N1CCC(NC(N)=NCc2ccc(C(=O)N(C)C)cc2)CC1. The van der Waals surface area contributed by atoms with Gasteiger partial charge in [-0.15, -0.1) is 0 Å². The summed E-state index contributed by atoms with van der Waals surface area (Å²) < 4.78 is 5.02. The monoisotopic (exact) mass is 375 g/mol. The highest BCUT2D eigenvalue weighted by atomic mass is 16.6. The van der Waals surface area contributed by atoms with Crippen LogP contribution in [0, 0.1) is 0 Å². The first kappa shape index (κ1) is 20.5. The number of amides is 2. The van der Waals surface area contributed by atoms with Crippen LogP contribution >= 0.6 is 0 Å². The molecule has 1 saturated heterocycles. The molecule has 0 bridgehead atoms. The molecule has 8 nitrogen and oxygen atoms in total. The van der Waals surface area contributed by atoms with Crippen LogP contribution in [0.25, 0.3) is 0 Å². The summed E-state index contributed by atoms with van der Waals surface area (Å²) >= 11 is 0. The number of carbonyl (C=O) groups is 2. The fourth-order valence-corrected chi connectivity index (χ4v) is 2.86. The number of hydrogen-bond donors (Lipinski definition) is 2. The number of ether oxygens (including phenoxy) is 1. The molecule has 0 aromatic heterocycles. The quantitative estimate of drug-likeness (QED) is 0.599. The molecule has 1 aliphatic rings. The molecule has 0 radical (unpaired) electrons. The number of likely N-dealkylation sites (tertiary alicyclic amines) is 1. The molecule has 1 aliphatic heterocycles. The van der Waals surface area contributed by atoms with Crippen molar-refractivity contribution in [3.8, 4) is 0 Å². The minimum Gasteiger partial charge on any atom is -0.450 e. The zero-order valence-corrected chi connectivity index (χ0v) is 16.3. The lowest BCUT2D eigenvalue weighted by Crippen LogP contribution is -2.48. The lowest BCUT2D eigenvalue weighted by Gasteiger charge is -2.31. The van der Waals surface area contributed by atoms with Crippen LogP contribution in [0.15, 0.2) is 29.3 Å². The molecule has 1 fully saturated rings. The first-order valence-electron chi connectivity index (χ1n) is 9.19. The maximum atomic E-state index is 11.9. The van der Waals surface area contributed by atoms with Crippen molar-refractivity contribution in [3.63, 3.8) is 0 Å². The van der Waals surface area contributed by atoms with E-state index in [2.05, 4.69) is 10.3 Å². The zero-order valence-electron chi connectivity index (χ0n) is 16.3. The minimum atomic E-state index is -0.256. The molecular formula is C19H29N5O3. The predicted molar refractivity (Wildman–Crippen MR) is 105 cm³/mol. The molecule has 2 amide bonds. The summed E-state index contributed by atoms with van der Waals surface area (Å²) in [5, 5.41) is 3.21. The van der Waals surface area contributed by atoms with Crippen LogP contribution in [0.5, 0.6) is 0 Å². The Balaban J connectivity index is 1.80. The average molecular weight is 375 g/mol. The number of guanidine groups is 1. The van der Waals surface area contributed by atoms with E-state index in [1.165, 1.54) is 0 Å². The van der Waals surface area contributed by atoms with Gasteiger partial charge in [-0.1, -0.05) is 12.1 Å². The highest BCUT2D eigenvalue weighted by Gasteiger charge is 2.23. The molecule has 27 heavy (non-hydrogen) atoms. The van der Waals surface area contributed by atoms with Crippen LogP contribution in [-0.4, -0.2) is 67.6 Å². The van der Waals surface area contributed by atoms with E-state index in [0.29, 0.717) is 37.8 Å². The summed E-state index contributed by atoms with van der Waals surface area (Å²) in [5.74, 6) is 0.360. The lowest BCUT2D eigenvalue weighted by atomic mass is 10.1. The van der Waals surface area contributed by atoms with Crippen molar-refractivity contribution in [2.45, 2.75) is 32.4 Å². The topological polar surface area (TPSA) is 100 Å². The van der Waals surface area contributed by atoms with Crippen molar-refractivity contribution < 1.29 is 14.3 Å². The third-order valence-electron chi connectivity index (χ3n) is 4.41. The van der Waals surface area contributed by atoms with Crippen molar-refractivity contribution in [1.29, 1.82) is 0 Å². The van der Waals surface area contributed by atoms with E-state index in [0.717, 1.165) is 18.4 Å². The Kier molecular flexibility index (Phi) is 7.45. The third kappa shape index (κ3) is 6.16. The number of carbonyl (C=O) groups excluding carboxylic acids is 2. The fraction of sp³-hybridized carbons (Fsp3) is 0.526. The number of benzene rings is 1. The second-order valence-electron chi connectivity index (χ2n) is 6.70. The molecule has 3 N–H and O–H groups in total. The third-order valence-corrected chi connectivity index (χ3v) is 4.41. The van der Waals surface area contributed by atoms with Gasteiger partial charge in [0.2, 0.25) is 0 Å². The van der Waals surface area contributed by atoms with Crippen LogP contribution in [0.4, 0.5) is 4.79 Å². The van der Waals surface area contributed by atoms with E-state index in [1.54, 1.807) is 43.0 Å². The van der Waals surface area contributed by atoms with Crippen molar-refractivity contribution in [3.05, 3.63) is 35.4 Å². The highest BCUT2D eigenvalue weighted by molar-refractivity contribution is 5.93. The van der Waals surface area contributed by atoms with Gasteiger partial charge in [0.1, 0.15) is 0 Å². The molecule has 1 heterocycles. The molecule has 1 aromatic rings. The Bertz CT molecular complexity index is 664. The van der Waals surface area contributed by atoms with Crippen molar-refractivity contribution in [1.82, 2.24) is 15.1 Å². The number of piperidine rings is 1. The first-order valence-corrected chi connectivity index (χ1v) is 9.19.